The highest BCUT2D eigenvalue weighted by Gasteiger charge is 2.44. The van der Waals surface area contributed by atoms with Crippen molar-refractivity contribution in [3.63, 3.8) is 0 Å². The summed E-state index contributed by atoms with van der Waals surface area (Å²) in [5, 5.41) is 10.3. The van der Waals surface area contributed by atoms with Crippen molar-refractivity contribution in [3.8, 4) is 0 Å². The maximum atomic E-state index is 12.5. The smallest absolute Gasteiger partial charge is 0.290 e. The summed E-state index contributed by atoms with van der Waals surface area (Å²) in [6.07, 6.45) is 2.22. The lowest BCUT2D eigenvalue weighted by atomic mass is 9.94. The van der Waals surface area contributed by atoms with Gasteiger partial charge in [-0.25, -0.2) is 0 Å². The van der Waals surface area contributed by atoms with E-state index in [1.54, 1.807) is 26.0 Å². The second-order valence-electron chi connectivity index (χ2n) is 6.47. The Labute approximate surface area is 142 Å². The molecule has 0 bridgehead atoms. The lowest BCUT2D eigenvalue weighted by Crippen LogP contribution is -2.33. The molecule has 0 saturated heterocycles. The van der Waals surface area contributed by atoms with Crippen molar-refractivity contribution in [3.05, 3.63) is 35.5 Å². The number of aliphatic hydroxyl groups excluding tert-OH is 1. The first kappa shape index (κ1) is 18.3. The van der Waals surface area contributed by atoms with E-state index in [1.165, 1.54) is 11.2 Å². The van der Waals surface area contributed by atoms with Crippen LogP contribution in [0.4, 0.5) is 0 Å². The van der Waals surface area contributed by atoms with Crippen molar-refractivity contribution in [1.82, 2.24) is 4.90 Å². The molecule has 0 aromatic carbocycles. The molecule has 1 atom stereocenters. The summed E-state index contributed by atoms with van der Waals surface area (Å²) in [5.41, 5.74) is 0.120. The number of hydrogen-bond donors (Lipinski definition) is 1. The van der Waals surface area contributed by atoms with Gasteiger partial charge in [0.05, 0.1) is 17.9 Å². The SMILES string of the molecule is CC(C)OCCCN1C(=O)C(O)=C(C(=O)C(C)C)C1c1ccco1. The van der Waals surface area contributed by atoms with E-state index >= 15 is 0 Å². The van der Waals surface area contributed by atoms with E-state index in [-0.39, 0.29) is 23.4 Å². The summed E-state index contributed by atoms with van der Waals surface area (Å²) in [6.45, 7) is 8.24. The quantitative estimate of drug-likeness (QED) is 0.739. The van der Waals surface area contributed by atoms with E-state index in [0.717, 1.165) is 0 Å². The van der Waals surface area contributed by atoms with Gasteiger partial charge in [0.2, 0.25) is 0 Å². The number of nitrogens with zero attached hydrogens (tertiary/aromatic N) is 1. The van der Waals surface area contributed by atoms with Crippen molar-refractivity contribution in [2.75, 3.05) is 13.2 Å². The summed E-state index contributed by atoms with van der Waals surface area (Å²) in [4.78, 5) is 26.4. The topological polar surface area (TPSA) is 80.0 Å². The molecule has 1 unspecified atom stereocenters. The number of carbonyl (C=O) groups excluding carboxylic acids is 2. The number of carbonyl (C=O) groups is 2. The third kappa shape index (κ3) is 3.70. The van der Waals surface area contributed by atoms with E-state index in [0.29, 0.717) is 25.3 Å². The maximum absolute atomic E-state index is 12.5. The molecule has 6 heteroatoms. The van der Waals surface area contributed by atoms with E-state index in [9.17, 15) is 14.7 Å². The van der Waals surface area contributed by atoms with Crippen LogP contribution in [0.25, 0.3) is 0 Å². The van der Waals surface area contributed by atoms with Crippen LogP contribution in [0.2, 0.25) is 0 Å². The summed E-state index contributed by atoms with van der Waals surface area (Å²) < 4.78 is 10.9. The fourth-order valence-electron chi connectivity index (χ4n) is 2.74. The molecule has 6 nitrogen and oxygen atoms in total. The lowest BCUT2D eigenvalue weighted by molar-refractivity contribution is -0.129. The van der Waals surface area contributed by atoms with Gasteiger partial charge in [-0.1, -0.05) is 13.8 Å². The molecule has 1 aliphatic heterocycles. The Balaban J connectivity index is 2.24. The Morgan fingerprint density at radius 3 is 2.62 bits per heavy atom. The summed E-state index contributed by atoms with van der Waals surface area (Å²) in [7, 11) is 0. The van der Waals surface area contributed by atoms with Gasteiger partial charge < -0.3 is 19.2 Å². The summed E-state index contributed by atoms with van der Waals surface area (Å²) in [5.74, 6) is -1.11. The molecule has 0 radical (unpaired) electrons. The molecule has 2 heterocycles. The van der Waals surface area contributed by atoms with E-state index < -0.39 is 17.7 Å². The Bertz CT molecular complexity index is 615. The fraction of sp³-hybridized carbons (Fsp3) is 0.556. The third-order valence-corrected chi connectivity index (χ3v) is 3.90. The molecule has 1 N–H and O–H groups in total. The molecule has 0 fully saturated rings. The maximum Gasteiger partial charge on any atom is 0.290 e. The van der Waals surface area contributed by atoms with Crippen molar-refractivity contribution in [2.24, 2.45) is 5.92 Å². The van der Waals surface area contributed by atoms with Gasteiger partial charge in [0, 0.05) is 19.1 Å². The average molecular weight is 335 g/mol. The van der Waals surface area contributed by atoms with Crippen LogP contribution in [-0.4, -0.2) is 41.0 Å². The van der Waals surface area contributed by atoms with Crippen molar-refractivity contribution in [1.29, 1.82) is 0 Å². The first-order valence-electron chi connectivity index (χ1n) is 8.27. The first-order valence-corrected chi connectivity index (χ1v) is 8.27. The highest BCUT2D eigenvalue weighted by atomic mass is 16.5. The Kier molecular flexibility index (Phi) is 5.83. The molecule has 0 spiro atoms. The van der Waals surface area contributed by atoms with Crippen LogP contribution in [-0.2, 0) is 14.3 Å². The van der Waals surface area contributed by atoms with Gasteiger partial charge in [0.15, 0.2) is 11.5 Å². The number of furan rings is 1. The Morgan fingerprint density at radius 2 is 2.08 bits per heavy atom. The normalized spacial score (nSPS) is 18.3. The van der Waals surface area contributed by atoms with Gasteiger partial charge >= 0.3 is 0 Å². The molecule has 1 aromatic rings. The van der Waals surface area contributed by atoms with E-state index in [1.807, 2.05) is 13.8 Å². The highest BCUT2D eigenvalue weighted by molar-refractivity contribution is 6.09. The first-order chi connectivity index (χ1) is 11.3. The van der Waals surface area contributed by atoms with Crippen LogP contribution in [0.15, 0.2) is 34.1 Å². The van der Waals surface area contributed by atoms with Crippen LogP contribution in [0.5, 0.6) is 0 Å². The minimum atomic E-state index is -0.679. The number of amides is 1. The number of Topliss-reactive ketones (excluding diaryl/α,β-unsaturated/α-hetero) is 1. The van der Waals surface area contributed by atoms with E-state index in [4.69, 9.17) is 9.15 Å². The predicted octanol–water partition coefficient (Wildman–Crippen LogP) is 3.02. The minimum Gasteiger partial charge on any atom is -0.503 e. The number of ether oxygens (including phenoxy) is 1. The molecule has 132 valence electrons. The zero-order valence-electron chi connectivity index (χ0n) is 14.6. The number of aliphatic hydroxyl groups is 1. The number of ketones is 1. The molecule has 0 aliphatic carbocycles. The van der Waals surface area contributed by atoms with Crippen LogP contribution in [0.1, 0.15) is 45.9 Å². The van der Waals surface area contributed by atoms with Gasteiger partial charge in [-0.15, -0.1) is 0 Å². The molecule has 24 heavy (non-hydrogen) atoms. The zero-order valence-corrected chi connectivity index (χ0v) is 14.6. The Hall–Kier alpha value is -2.08. The lowest BCUT2D eigenvalue weighted by Gasteiger charge is -2.25. The minimum absolute atomic E-state index is 0.116. The highest BCUT2D eigenvalue weighted by Crippen LogP contribution is 2.38. The predicted molar refractivity (Wildman–Crippen MR) is 88.4 cm³/mol. The molecule has 1 aromatic heterocycles. The van der Waals surface area contributed by atoms with Crippen molar-refractivity contribution >= 4 is 11.7 Å². The van der Waals surface area contributed by atoms with Gasteiger partial charge in [-0.05, 0) is 32.4 Å². The van der Waals surface area contributed by atoms with Crippen LogP contribution in [0, 0.1) is 5.92 Å². The van der Waals surface area contributed by atoms with E-state index in [2.05, 4.69) is 0 Å². The molecular weight excluding hydrogens is 310 g/mol. The molecule has 2 rings (SSSR count). The molecule has 1 amide bonds. The Morgan fingerprint density at radius 1 is 1.38 bits per heavy atom. The zero-order chi connectivity index (χ0) is 17.9. The third-order valence-electron chi connectivity index (χ3n) is 3.90. The number of hydrogen-bond acceptors (Lipinski definition) is 5. The van der Waals surface area contributed by atoms with Crippen LogP contribution in [0.3, 0.4) is 0 Å². The monoisotopic (exact) mass is 335 g/mol. The molecule has 1 aliphatic rings. The van der Waals surface area contributed by atoms with Gasteiger partial charge in [-0.2, -0.15) is 0 Å². The van der Waals surface area contributed by atoms with Crippen LogP contribution >= 0.6 is 0 Å². The molecule has 0 saturated carbocycles. The van der Waals surface area contributed by atoms with Crippen molar-refractivity contribution in [2.45, 2.75) is 46.3 Å². The van der Waals surface area contributed by atoms with Crippen molar-refractivity contribution < 1.29 is 23.8 Å². The van der Waals surface area contributed by atoms with Crippen LogP contribution < -0.4 is 0 Å². The largest absolute Gasteiger partial charge is 0.503 e. The number of rotatable bonds is 8. The van der Waals surface area contributed by atoms with Gasteiger partial charge in [0.25, 0.3) is 5.91 Å². The molecular formula is C18H25NO5. The summed E-state index contributed by atoms with van der Waals surface area (Å²) in [6, 6.07) is 2.73. The van der Waals surface area contributed by atoms with Gasteiger partial charge in [0.1, 0.15) is 11.8 Å². The fourth-order valence-corrected chi connectivity index (χ4v) is 2.74. The summed E-state index contributed by atoms with van der Waals surface area (Å²) >= 11 is 0. The van der Waals surface area contributed by atoms with Gasteiger partial charge in [-0.3, -0.25) is 9.59 Å². The average Bonchev–Trinajstić information content (AvgIpc) is 3.12. The second kappa shape index (κ2) is 7.66. The second-order valence-corrected chi connectivity index (χ2v) is 6.47. The standard InChI is InChI=1S/C18H25NO5/c1-11(2)16(20)14-15(13-7-5-9-24-13)19(18(22)17(14)21)8-6-10-23-12(3)4/h5,7,9,11-12,15,21H,6,8,10H2,1-4H3.